The lowest BCUT2D eigenvalue weighted by Crippen LogP contribution is -2.36. The van der Waals surface area contributed by atoms with Gasteiger partial charge in [-0.3, -0.25) is 14.6 Å². The summed E-state index contributed by atoms with van der Waals surface area (Å²) in [6.07, 6.45) is 1.94. The molecule has 1 atom stereocenters. The lowest BCUT2D eigenvalue weighted by molar-refractivity contribution is -0.131. The molecular weight excluding hydrogens is 399 g/mol. The summed E-state index contributed by atoms with van der Waals surface area (Å²) < 4.78 is 14.3. The number of nitrogens with zero attached hydrogens (tertiary/aromatic N) is 5. The Bertz CT molecular complexity index is 1160. The summed E-state index contributed by atoms with van der Waals surface area (Å²) in [5, 5.41) is 7.31. The van der Waals surface area contributed by atoms with Gasteiger partial charge in [-0.25, -0.2) is 14.1 Å². The van der Waals surface area contributed by atoms with Gasteiger partial charge in [0.25, 0.3) is 5.56 Å². The van der Waals surface area contributed by atoms with Gasteiger partial charge in [-0.2, -0.15) is 5.10 Å². The minimum atomic E-state index is -0.393. The number of aryl methyl sites for hydroxylation is 2. The highest BCUT2D eigenvalue weighted by Gasteiger charge is 2.29. The molecule has 3 aromatic rings. The molecule has 0 aromatic carbocycles. The van der Waals surface area contributed by atoms with Gasteiger partial charge in [0.1, 0.15) is 18.2 Å². The Morgan fingerprint density at radius 2 is 2.03 bits per heavy atom. The molecule has 0 aliphatic carbocycles. The molecule has 0 bridgehead atoms. The topological polar surface area (TPSA) is 93.0 Å². The molecule has 1 saturated heterocycles. The van der Waals surface area contributed by atoms with Crippen LogP contribution in [0.5, 0.6) is 0 Å². The summed E-state index contributed by atoms with van der Waals surface area (Å²) in [6, 6.07) is 9.79. The standard InChI is InChI=1S/C22H23FN6O2/c1-14-3-6-21(30)29(27-14)13-22(31)28-8-7-16(12-28)19-10-18(9-15(2)25-19)26-20-5-4-17(23)11-24-20/h3-6,9-11,16H,7-8,12-13H2,1-2H3,(H,24,25,26)/t16-/m1/s1. The van der Waals surface area contributed by atoms with Crippen LogP contribution in [0, 0.1) is 19.7 Å². The molecule has 1 amide bonds. The first-order valence-electron chi connectivity index (χ1n) is 10.1. The number of aromatic nitrogens is 4. The van der Waals surface area contributed by atoms with Gasteiger partial charge in [0.15, 0.2) is 0 Å². The van der Waals surface area contributed by atoms with Crippen LogP contribution in [0.25, 0.3) is 0 Å². The Hall–Kier alpha value is -3.62. The van der Waals surface area contributed by atoms with Crippen LogP contribution in [0.15, 0.2) is 47.4 Å². The fraction of sp³-hybridized carbons (Fsp3) is 0.318. The second kappa shape index (κ2) is 8.63. The van der Waals surface area contributed by atoms with Gasteiger partial charge in [-0.05, 0) is 50.6 Å². The van der Waals surface area contributed by atoms with Gasteiger partial charge in [0.2, 0.25) is 5.91 Å². The average molecular weight is 422 g/mol. The number of rotatable bonds is 5. The molecule has 0 unspecified atom stereocenters. The van der Waals surface area contributed by atoms with Gasteiger partial charge in [-0.1, -0.05) is 0 Å². The summed E-state index contributed by atoms with van der Waals surface area (Å²) in [4.78, 5) is 35.1. The SMILES string of the molecule is Cc1cc(Nc2ccc(F)cn2)cc([C@@H]2CCN(C(=O)Cn3nc(C)ccc3=O)C2)n1. The average Bonchev–Trinajstić information content (AvgIpc) is 3.23. The molecule has 1 aliphatic heterocycles. The molecular formula is C22H23FN6O2. The Labute approximate surface area is 178 Å². The monoisotopic (exact) mass is 422 g/mol. The summed E-state index contributed by atoms with van der Waals surface area (Å²) in [5.74, 6) is 0.102. The summed E-state index contributed by atoms with van der Waals surface area (Å²) >= 11 is 0. The molecule has 160 valence electrons. The van der Waals surface area contributed by atoms with Crippen LogP contribution < -0.4 is 10.9 Å². The second-order valence-corrected chi connectivity index (χ2v) is 7.70. The molecule has 4 heterocycles. The number of pyridine rings is 2. The maximum absolute atomic E-state index is 13.1. The van der Waals surface area contributed by atoms with Crippen molar-refractivity contribution in [1.29, 1.82) is 0 Å². The molecule has 0 radical (unpaired) electrons. The molecule has 1 aliphatic rings. The van der Waals surface area contributed by atoms with Crippen molar-refractivity contribution in [2.24, 2.45) is 0 Å². The highest BCUT2D eigenvalue weighted by molar-refractivity contribution is 5.76. The van der Waals surface area contributed by atoms with Crippen LogP contribution in [0.4, 0.5) is 15.9 Å². The number of carbonyl (C=O) groups excluding carboxylic acids is 1. The van der Waals surface area contributed by atoms with Crippen LogP contribution in [0.2, 0.25) is 0 Å². The van der Waals surface area contributed by atoms with E-state index in [0.717, 1.165) is 29.7 Å². The number of hydrogen-bond acceptors (Lipinski definition) is 6. The predicted octanol–water partition coefficient (Wildman–Crippen LogP) is 2.55. The highest BCUT2D eigenvalue weighted by atomic mass is 19.1. The Morgan fingerprint density at radius 3 is 2.81 bits per heavy atom. The first-order chi connectivity index (χ1) is 14.9. The lowest BCUT2D eigenvalue weighted by Gasteiger charge is -2.17. The number of amides is 1. The van der Waals surface area contributed by atoms with Crippen molar-refractivity contribution in [3.63, 3.8) is 0 Å². The number of hydrogen-bond donors (Lipinski definition) is 1. The molecule has 31 heavy (non-hydrogen) atoms. The summed E-state index contributed by atoms with van der Waals surface area (Å²) in [7, 11) is 0. The maximum Gasteiger partial charge on any atom is 0.267 e. The first kappa shape index (κ1) is 20.6. The third-order valence-electron chi connectivity index (χ3n) is 5.22. The zero-order valence-corrected chi connectivity index (χ0v) is 17.4. The van der Waals surface area contributed by atoms with Crippen molar-refractivity contribution >= 4 is 17.4 Å². The summed E-state index contributed by atoms with van der Waals surface area (Å²) in [5.41, 5.74) is 2.92. The van der Waals surface area contributed by atoms with E-state index in [1.807, 2.05) is 19.1 Å². The van der Waals surface area contributed by atoms with Gasteiger partial charge in [0, 0.05) is 42.1 Å². The van der Waals surface area contributed by atoms with E-state index in [9.17, 15) is 14.0 Å². The minimum absolute atomic E-state index is 0.0719. The van der Waals surface area contributed by atoms with Crippen LogP contribution in [-0.2, 0) is 11.3 Å². The molecule has 3 aromatic heterocycles. The van der Waals surface area contributed by atoms with Crippen molar-refractivity contribution in [2.75, 3.05) is 18.4 Å². The zero-order valence-electron chi connectivity index (χ0n) is 17.4. The van der Waals surface area contributed by atoms with E-state index in [4.69, 9.17) is 0 Å². The molecule has 4 rings (SSSR count). The van der Waals surface area contributed by atoms with Crippen molar-refractivity contribution in [1.82, 2.24) is 24.6 Å². The van der Waals surface area contributed by atoms with E-state index in [1.54, 1.807) is 24.0 Å². The summed E-state index contributed by atoms with van der Waals surface area (Å²) in [6.45, 7) is 4.74. The van der Waals surface area contributed by atoms with Crippen molar-refractivity contribution in [3.05, 3.63) is 75.8 Å². The third kappa shape index (κ3) is 4.93. The van der Waals surface area contributed by atoms with Crippen LogP contribution >= 0.6 is 0 Å². The van der Waals surface area contributed by atoms with E-state index in [1.165, 1.54) is 16.8 Å². The Balaban J connectivity index is 1.45. The van der Waals surface area contributed by atoms with Crippen molar-refractivity contribution < 1.29 is 9.18 Å². The van der Waals surface area contributed by atoms with E-state index < -0.39 is 5.82 Å². The quantitative estimate of drug-likeness (QED) is 0.679. The minimum Gasteiger partial charge on any atom is -0.340 e. The molecule has 1 fully saturated rings. The number of nitrogens with one attached hydrogen (secondary N) is 1. The van der Waals surface area contributed by atoms with E-state index in [-0.39, 0.29) is 23.9 Å². The van der Waals surface area contributed by atoms with Crippen molar-refractivity contribution in [2.45, 2.75) is 32.7 Å². The largest absolute Gasteiger partial charge is 0.340 e. The fourth-order valence-corrected chi connectivity index (χ4v) is 3.69. The van der Waals surface area contributed by atoms with Crippen molar-refractivity contribution in [3.8, 4) is 0 Å². The predicted molar refractivity (Wildman–Crippen MR) is 114 cm³/mol. The van der Waals surface area contributed by atoms with Crippen LogP contribution in [-0.4, -0.2) is 43.6 Å². The Kier molecular flexibility index (Phi) is 5.75. The fourth-order valence-electron chi connectivity index (χ4n) is 3.69. The van der Waals surface area contributed by atoms with Gasteiger partial charge < -0.3 is 10.2 Å². The maximum atomic E-state index is 13.1. The number of halogens is 1. The molecule has 0 spiro atoms. The van der Waals surface area contributed by atoms with E-state index in [0.29, 0.717) is 24.6 Å². The Morgan fingerprint density at radius 1 is 1.19 bits per heavy atom. The zero-order chi connectivity index (χ0) is 22.0. The van der Waals surface area contributed by atoms with Gasteiger partial charge in [-0.15, -0.1) is 0 Å². The molecule has 1 N–H and O–H groups in total. The third-order valence-corrected chi connectivity index (χ3v) is 5.22. The van der Waals surface area contributed by atoms with Gasteiger partial charge in [0.05, 0.1) is 11.9 Å². The highest BCUT2D eigenvalue weighted by Crippen LogP contribution is 2.29. The number of carbonyl (C=O) groups is 1. The van der Waals surface area contributed by atoms with Gasteiger partial charge >= 0.3 is 0 Å². The van der Waals surface area contributed by atoms with Crippen LogP contribution in [0.1, 0.15) is 29.4 Å². The molecule has 8 nitrogen and oxygen atoms in total. The number of likely N-dealkylation sites (tertiary alicyclic amines) is 1. The molecule has 9 heteroatoms. The van der Waals surface area contributed by atoms with E-state index >= 15 is 0 Å². The van der Waals surface area contributed by atoms with Crippen LogP contribution in [0.3, 0.4) is 0 Å². The molecule has 0 saturated carbocycles. The lowest BCUT2D eigenvalue weighted by atomic mass is 10.0. The first-order valence-corrected chi connectivity index (χ1v) is 10.1. The van der Waals surface area contributed by atoms with E-state index in [2.05, 4.69) is 20.4 Å². The smallest absolute Gasteiger partial charge is 0.267 e. The second-order valence-electron chi connectivity index (χ2n) is 7.70. The normalized spacial score (nSPS) is 15.8. The number of anilines is 2.